The summed E-state index contributed by atoms with van der Waals surface area (Å²) in [5.41, 5.74) is 6.50. The fourth-order valence-corrected chi connectivity index (χ4v) is 4.89. The van der Waals surface area contributed by atoms with E-state index >= 15 is 0 Å². The predicted molar refractivity (Wildman–Crippen MR) is 136 cm³/mol. The van der Waals surface area contributed by atoms with Crippen LogP contribution in [0, 0.1) is 0 Å². The molecule has 3 N–H and O–H groups in total. The molecule has 3 aromatic carbocycles. The van der Waals surface area contributed by atoms with Gasteiger partial charge in [0.05, 0.1) is 0 Å². The number of hydrogen-bond acceptors (Lipinski definition) is 4. The normalized spacial score (nSPS) is 16.4. The summed E-state index contributed by atoms with van der Waals surface area (Å²) in [5.74, 6) is 0.254. The second kappa shape index (κ2) is 9.65. The smallest absolute Gasteiger partial charge is 0.256 e. The number of rotatable bonds is 7. The monoisotopic (exact) mass is 465 g/mol. The number of phenolic OH excluding ortho intramolecular Hbond substituents is 2. The van der Waals surface area contributed by atoms with Crippen LogP contribution in [0.5, 0.6) is 11.5 Å². The van der Waals surface area contributed by atoms with Crippen molar-refractivity contribution in [1.82, 2.24) is 4.90 Å². The molecule has 0 bridgehead atoms. The first-order valence-corrected chi connectivity index (χ1v) is 11.8. The van der Waals surface area contributed by atoms with Crippen molar-refractivity contribution in [1.29, 1.82) is 0 Å². The summed E-state index contributed by atoms with van der Waals surface area (Å²) in [5, 5.41) is 30.4. The number of allylic oxidation sites excluding steroid dienone is 5. The average molecular weight is 466 g/mol. The highest BCUT2D eigenvalue weighted by atomic mass is 16.3. The number of carbonyl (C=O) groups excluding carboxylic acids is 1. The van der Waals surface area contributed by atoms with Crippen molar-refractivity contribution in [2.24, 2.45) is 0 Å². The van der Waals surface area contributed by atoms with Gasteiger partial charge >= 0.3 is 0 Å². The summed E-state index contributed by atoms with van der Waals surface area (Å²) in [7, 11) is 0. The number of nitrogens with zero attached hydrogens (tertiary/aromatic N) is 1. The quantitative estimate of drug-likeness (QED) is 0.417. The third-order valence-electron chi connectivity index (χ3n) is 6.62. The highest BCUT2D eigenvalue weighted by Gasteiger charge is 2.34. The van der Waals surface area contributed by atoms with E-state index in [1.807, 2.05) is 42.5 Å². The van der Waals surface area contributed by atoms with Crippen molar-refractivity contribution in [3.05, 3.63) is 124 Å². The second-order valence-electron chi connectivity index (χ2n) is 8.83. The zero-order valence-electron chi connectivity index (χ0n) is 19.3. The van der Waals surface area contributed by atoms with Crippen molar-refractivity contribution in [2.75, 3.05) is 6.54 Å². The molecule has 1 amide bonds. The van der Waals surface area contributed by atoms with Gasteiger partial charge in [-0.3, -0.25) is 4.79 Å². The fourth-order valence-electron chi connectivity index (χ4n) is 4.89. The molecular weight excluding hydrogens is 438 g/mol. The van der Waals surface area contributed by atoms with Crippen molar-refractivity contribution in [3.8, 4) is 11.5 Å². The van der Waals surface area contributed by atoms with E-state index in [-0.39, 0.29) is 17.4 Å². The van der Waals surface area contributed by atoms with Crippen molar-refractivity contribution in [2.45, 2.75) is 25.5 Å². The molecule has 1 aliphatic carbocycles. The molecule has 1 heterocycles. The first-order chi connectivity index (χ1) is 17.0. The minimum absolute atomic E-state index is 0.141. The molecule has 5 heteroatoms. The molecule has 5 rings (SSSR count). The van der Waals surface area contributed by atoms with Crippen LogP contribution < -0.4 is 0 Å². The van der Waals surface area contributed by atoms with Gasteiger partial charge in [-0.15, -0.1) is 0 Å². The van der Waals surface area contributed by atoms with Gasteiger partial charge in [-0.2, -0.15) is 0 Å². The van der Waals surface area contributed by atoms with Crippen LogP contribution in [-0.2, 0) is 0 Å². The number of aromatic hydroxyl groups is 2. The minimum Gasteiger partial charge on any atom is -0.508 e. The number of fused-ring (bicyclic) bond motifs is 1. The maximum absolute atomic E-state index is 12.9. The highest BCUT2D eigenvalue weighted by molar-refractivity contribution is 5.98. The van der Waals surface area contributed by atoms with Crippen molar-refractivity contribution >= 4 is 11.5 Å². The number of hydrogen-bond donors (Lipinski definition) is 3. The van der Waals surface area contributed by atoms with Gasteiger partial charge in [-0.1, -0.05) is 60.7 Å². The van der Waals surface area contributed by atoms with Crippen LogP contribution in [0.2, 0.25) is 0 Å². The van der Waals surface area contributed by atoms with Crippen molar-refractivity contribution in [3.63, 3.8) is 0 Å². The van der Waals surface area contributed by atoms with E-state index in [4.69, 9.17) is 0 Å². The Morgan fingerprint density at radius 1 is 0.886 bits per heavy atom. The van der Waals surface area contributed by atoms with Crippen LogP contribution >= 0.6 is 0 Å². The number of aliphatic hydroxyl groups excluding tert-OH is 1. The van der Waals surface area contributed by atoms with E-state index in [1.54, 1.807) is 36.4 Å². The van der Waals surface area contributed by atoms with Gasteiger partial charge in [0, 0.05) is 17.7 Å². The molecule has 2 aliphatic rings. The van der Waals surface area contributed by atoms with E-state index in [2.05, 4.69) is 12.2 Å². The van der Waals surface area contributed by atoms with E-state index < -0.39 is 6.23 Å². The standard InChI is InChI=1S/C30H27NO4/c32-23-15-11-21(12-16-23)28(22-13-17-24(33)18-14-22)25(20-6-1-2-7-20)10-5-19-31-29(34)26-8-3-4-9-27(26)30(31)35/h1-4,6,8-9,11-18,29,32-34H,5,7,10,19H2. The summed E-state index contributed by atoms with van der Waals surface area (Å²) in [6.45, 7) is 0.428. The molecule has 0 spiro atoms. The molecule has 1 unspecified atom stereocenters. The Kier molecular flexibility index (Phi) is 6.25. The van der Waals surface area contributed by atoms with Crippen LogP contribution in [0.3, 0.4) is 0 Å². The van der Waals surface area contributed by atoms with Gasteiger partial charge in [0.25, 0.3) is 5.91 Å². The maximum atomic E-state index is 12.9. The van der Waals surface area contributed by atoms with E-state index in [0.29, 0.717) is 30.5 Å². The van der Waals surface area contributed by atoms with Crippen LogP contribution in [0.1, 0.15) is 52.5 Å². The summed E-state index contributed by atoms with van der Waals surface area (Å²) < 4.78 is 0. The zero-order valence-corrected chi connectivity index (χ0v) is 19.3. The van der Waals surface area contributed by atoms with Crippen LogP contribution in [-0.4, -0.2) is 32.7 Å². The molecule has 1 atom stereocenters. The van der Waals surface area contributed by atoms with E-state index in [1.165, 1.54) is 10.5 Å². The lowest BCUT2D eigenvalue weighted by Gasteiger charge is -2.23. The zero-order chi connectivity index (χ0) is 24.4. The molecule has 3 aromatic rings. The van der Waals surface area contributed by atoms with Gasteiger partial charge in [-0.05, 0) is 77.4 Å². The van der Waals surface area contributed by atoms with E-state index in [0.717, 1.165) is 28.7 Å². The third kappa shape index (κ3) is 4.51. The van der Waals surface area contributed by atoms with Crippen molar-refractivity contribution < 1.29 is 20.1 Å². The Bertz CT molecular complexity index is 1290. The number of amides is 1. The summed E-state index contributed by atoms with van der Waals surface area (Å²) >= 11 is 0. The summed E-state index contributed by atoms with van der Waals surface area (Å²) in [6, 6.07) is 21.5. The first kappa shape index (κ1) is 22.7. The third-order valence-corrected chi connectivity index (χ3v) is 6.62. The molecule has 1 aliphatic heterocycles. The molecule has 5 nitrogen and oxygen atoms in total. The lowest BCUT2D eigenvalue weighted by Crippen LogP contribution is -2.29. The average Bonchev–Trinajstić information content (AvgIpc) is 3.49. The van der Waals surface area contributed by atoms with Gasteiger partial charge in [0.15, 0.2) is 6.23 Å². The topological polar surface area (TPSA) is 81.0 Å². The molecule has 0 saturated carbocycles. The number of carbonyl (C=O) groups is 1. The van der Waals surface area contributed by atoms with Crippen LogP contribution in [0.15, 0.2) is 102 Å². The number of benzene rings is 3. The highest BCUT2D eigenvalue weighted by Crippen LogP contribution is 2.38. The lowest BCUT2D eigenvalue weighted by molar-refractivity contribution is 0.0173. The Morgan fingerprint density at radius 2 is 1.51 bits per heavy atom. The maximum Gasteiger partial charge on any atom is 0.256 e. The Morgan fingerprint density at radius 3 is 2.09 bits per heavy atom. The lowest BCUT2D eigenvalue weighted by atomic mass is 9.86. The Hall–Kier alpha value is -4.09. The largest absolute Gasteiger partial charge is 0.508 e. The molecular formula is C30H27NO4. The molecule has 0 radical (unpaired) electrons. The van der Waals surface area contributed by atoms with Gasteiger partial charge in [0.1, 0.15) is 11.5 Å². The first-order valence-electron chi connectivity index (χ1n) is 11.8. The molecule has 0 saturated heterocycles. The molecule has 176 valence electrons. The number of phenols is 2. The summed E-state index contributed by atoms with van der Waals surface area (Å²) in [4.78, 5) is 14.4. The number of aliphatic hydroxyl groups is 1. The molecule has 0 fully saturated rings. The van der Waals surface area contributed by atoms with Crippen LogP contribution in [0.25, 0.3) is 5.57 Å². The summed E-state index contributed by atoms with van der Waals surface area (Å²) in [6.07, 6.45) is 7.52. The Labute approximate surface area is 204 Å². The van der Waals surface area contributed by atoms with Gasteiger partial charge in [0.2, 0.25) is 0 Å². The van der Waals surface area contributed by atoms with E-state index in [9.17, 15) is 20.1 Å². The van der Waals surface area contributed by atoms with Gasteiger partial charge < -0.3 is 20.2 Å². The minimum atomic E-state index is -0.924. The fraction of sp³-hybridized carbons (Fsp3) is 0.167. The SMILES string of the molecule is O=C1c2ccccc2C(O)N1CCCC(C1=CC=CC1)=C(c1ccc(O)cc1)c1ccc(O)cc1. The van der Waals surface area contributed by atoms with Gasteiger partial charge in [-0.25, -0.2) is 0 Å². The second-order valence-corrected chi connectivity index (χ2v) is 8.83. The Balaban J connectivity index is 1.48. The molecule has 35 heavy (non-hydrogen) atoms. The van der Waals surface area contributed by atoms with Crippen LogP contribution in [0.4, 0.5) is 0 Å². The predicted octanol–water partition coefficient (Wildman–Crippen LogP) is 5.71. The molecule has 0 aromatic heterocycles.